The first-order chi connectivity index (χ1) is 9.15. The second-order valence-electron chi connectivity index (χ2n) is 5.61. The third-order valence-electron chi connectivity index (χ3n) is 4.46. The molecular formula is C16H24FNO. The Labute approximate surface area is 115 Å². The summed E-state index contributed by atoms with van der Waals surface area (Å²) in [4.78, 5) is 0. The van der Waals surface area contributed by atoms with Crippen LogP contribution in [0.25, 0.3) is 0 Å². The van der Waals surface area contributed by atoms with Crippen molar-refractivity contribution in [3.05, 3.63) is 29.6 Å². The second kappa shape index (κ2) is 6.38. The van der Waals surface area contributed by atoms with Gasteiger partial charge in [-0.1, -0.05) is 26.2 Å². The van der Waals surface area contributed by atoms with Crippen molar-refractivity contribution in [3.8, 4) is 5.75 Å². The molecule has 1 fully saturated rings. The molecule has 0 saturated heterocycles. The van der Waals surface area contributed by atoms with Crippen molar-refractivity contribution in [1.29, 1.82) is 0 Å². The van der Waals surface area contributed by atoms with E-state index in [1.807, 2.05) is 0 Å². The average molecular weight is 265 g/mol. The van der Waals surface area contributed by atoms with Crippen LogP contribution in [-0.2, 0) is 0 Å². The second-order valence-corrected chi connectivity index (χ2v) is 5.61. The topological polar surface area (TPSA) is 35.2 Å². The highest BCUT2D eigenvalue weighted by molar-refractivity contribution is 5.36. The molecule has 1 aliphatic carbocycles. The minimum atomic E-state index is -0.242. The van der Waals surface area contributed by atoms with Gasteiger partial charge in [-0.3, -0.25) is 0 Å². The Morgan fingerprint density at radius 1 is 1.42 bits per heavy atom. The molecule has 0 radical (unpaired) electrons. The van der Waals surface area contributed by atoms with Crippen molar-refractivity contribution in [2.24, 2.45) is 17.6 Å². The molecular weight excluding hydrogens is 241 g/mol. The predicted octanol–water partition coefficient (Wildman–Crippen LogP) is 4.05. The SMILES string of the molecule is CCC1CCCC(C(N)c2cc(F)ccc2OC)C1. The predicted molar refractivity (Wildman–Crippen MR) is 75.6 cm³/mol. The van der Waals surface area contributed by atoms with Crippen molar-refractivity contribution in [1.82, 2.24) is 0 Å². The van der Waals surface area contributed by atoms with Gasteiger partial charge >= 0.3 is 0 Å². The molecule has 1 aromatic rings. The Balaban J connectivity index is 2.18. The molecule has 106 valence electrons. The summed E-state index contributed by atoms with van der Waals surface area (Å²) in [5.41, 5.74) is 7.19. The van der Waals surface area contributed by atoms with Crippen molar-refractivity contribution in [2.45, 2.75) is 45.1 Å². The first kappa shape index (κ1) is 14.3. The van der Waals surface area contributed by atoms with Gasteiger partial charge in [0.25, 0.3) is 0 Å². The van der Waals surface area contributed by atoms with Crippen LogP contribution in [0.3, 0.4) is 0 Å². The summed E-state index contributed by atoms with van der Waals surface area (Å²) in [6, 6.07) is 4.49. The first-order valence-corrected chi connectivity index (χ1v) is 7.24. The van der Waals surface area contributed by atoms with Crippen LogP contribution in [0.15, 0.2) is 18.2 Å². The van der Waals surface area contributed by atoms with E-state index in [4.69, 9.17) is 10.5 Å². The quantitative estimate of drug-likeness (QED) is 0.891. The summed E-state index contributed by atoms with van der Waals surface area (Å²) in [6.07, 6.45) is 6.03. The van der Waals surface area contributed by atoms with Gasteiger partial charge in [0.05, 0.1) is 7.11 Å². The molecule has 2 nitrogen and oxygen atoms in total. The molecule has 0 heterocycles. The van der Waals surface area contributed by atoms with E-state index >= 15 is 0 Å². The smallest absolute Gasteiger partial charge is 0.123 e. The summed E-state index contributed by atoms with van der Waals surface area (Å²) in [5, 5.41) is 0. The van der Waals surface area contributed by atoms with E-state index in [9.17, 15) is 4.39 Å². The molecule has 3 heteroatoms. The molecule has 0 aliphatic heterocycles. The normalized spacial score (nSPS) is 25.1. The van der Waals surface area contributed by atoms with Gasteiger partial charge in [-0.2, -0.15) is 0 Å². The van der Waals surface area contributed by atoms with Gasteiger partial charge in [-0.05, 0) is 42.9 Å². The van der Waals surface area contributed by atoms with Gasteiger partial charge in [-0.25, -0.2) is 4.39 Å². The Hall–Kier alpha value is -1.09. The molecule has 1 aliphatic rings. The van der Waals surface area contributed by atoms with E-state index < -0.39 is 0 Å². The maximum Gasteiger partial charge on any atom is 0.123 e. The highest BCUT2D eigenvalue weighted by Gasteiger charge is 2.28. The average Bonchev–Trinajstić information content (AvgIpc) is 2.46. The molecule has 1 saturated carbocycles. The zero-order chi connectivity index (χ0) is 13.8. The first-order valence-electron chi connectivity index (χ1n) is 7.24. The minimum Gasteiger partial charge on any atom is -0.496 e. The fraction of sp³-hybridized carbons (Fsp3) is 0.625. The lowest BCUT2D eigenvalue weighted by molar-refractivity contribution is 0.228. The van der Waals surface area contributed by atoms with Crippen LogP contribution < -0.4 is 10.5 Å². The Morgan fingerprint density at radius 2 is 2.21 bits per heavy atom. The van der Waals surface area contributed by atoms with Gasteiger partial charge in [0.1, 0.15) is 11.6 Å². The molecule has 0 bridgehead atoms. The molecule has 0 aromatic heterocycles. The molecule has 3 atom stereocenters. The minimum absolute atomic E-state index is 0.125. The maximum atomic E-state index is 13.4. The third kappa shape index (κ3) is 3.27. The lowest BCUT2D eigenvalue weighted by atomic mass is 9.75. The molecule has 0 amide bonds. The van der Waals surface area contributed by atoms with Gasteiger partial charge in [0, 0.05) is 11.6 Å². The lowest BCUT2D eigenvalue weighted by Crippen LogP contribution is -2.27. The number of rotatable bonds is 4. The monoisotopic (exact) mass is 265 g/mol. The van der Waals surface area contributed by atoms with E-state index in [0.29, 0.717) is 11.7 Å². The molecule has 1 aromatic carbocycles. The zero-order valence-corrected chi connectivity index (χ0v) is 11.9. The standard InChI is InChI=1S/C16H24FNO/c1-3-11-5-4-6-12(9-11)16(18)14-10-13(17)7-8-15(14)19-2/h7-8,10-12,16H,3-6,9,18H2,1-2H3. The summed E-state index contributed by atoms with van der Waals surface area (Å²) in [5.74, 6) is 1.67. The zero-order valence-electron chi connectivity index (χ0n) is 11.9. The fourth-order valence-corrected chi connectivity index (χ4v) is 3.25. The summed E-state index contributed by atoms with van der Waals surface area (Å²) >= 11 is 0. The van der Waals surface area contributed by atoms with Crippen LogP contribution in [0, 0.1) is 17.7 Å². The Morgan fingerprint density at radius 3 is 2.89 bits per heavy atom. The van der Waals surface area contributed by atoms with Gasteiger partial charge in [0.15, 0.2) is 0 Å². The van der Waals surface area contributed by atoms with Crippen molar-refractivity contribution in [2.75, 3.05) is 7.11 Å². The van der Waals surface area contributed by atoms with Crippen LogP contribution in [0.2, 0.25) is 0 Å². The number of benzene rings is 1. The van der Waals surface area contributed by atoms with E-state index in [2.05, 4.69) is 6.92 Å². The van der Waals surface area contributed by atoms with Crippen LogP contribution in [0.5, 0.6) is 5.75 Å². The molecule has 0 spiro atoms. The number of ether oxygens (including phenoxy) is 1. The van der Waals surface area contributed by atoms with Gasteiger partial charge < -0.3 is 10.5 Å². The Kier molecular flexibility index (Phi) is 4.81. The van der Waals surface area contributed by atoms with Crippen LogP contribution in [0.1, 0.15) is 50.6 Å². The van der Waals surface area contributed by atoms with Gasteiger partial charge in [0.2, 0.25) is 0 Å². The molecule has 19 heavy (non-hydrogen) atoms. The van der Waals surface area contributed by atoms with Crippen molar-refractivity contribution in [3.63, 3.8) is 0 Å². The highest BCUT2D eigenvalue weighted by atomic mass is 19.1. The van der Waals surface area contributed by atoms with Crippen molar-refractivity contribution >= 4 is 0 Å². The number of halogens is 1. The van der Waals surface area contributed by atoms with Crippen molar-refractivity contribution < 1.29 is 9.13 Å². The number of hydrogen-bond acceptors (Lipinski definition) is 2. The molecule has 2 rings (SSSR count). The molecule has 2 N–H and O–H groups in total. The van der Waals surface area contributed by atoms with Crippen LogP contribution in [-0.4, -0.2) is 7.11 Å². The highest BCUT2D eigenvalue weighted by Crippen LogP contribution is 2.39. The lowest BCUT2D eigenvalue weighted by Gasteiger charge is -2.33. The van der Waals surface area contributed by atoms with Gasteiger partial charge in [-0.15, -0.1) is 0 Å². The third-order valence-corrected chi connectivity index (χ3v) is 4.46. The number of nitrogens with two attached hydrogens (primary N) is 1. The number of hydrogen-bond donors (Lipinski definition) is 1. The molecule has 3 unspecified atom stereocenters. The van der Waals surface area contributed by atoms with E-state index in [0.717, 1.165) is 24.3 Å². The number of methoxy groups -OCH3 is 1. The van der Waals surface area contributed by atoms with Crippen LogP contribution in [0.4, 0.5) is 4.39 Å². The van der Waals surface area contributed by atoms with E-state index in [-0.39, 0.29) is 11.9 Å². The fourth-order valence-electron chi connectivity index (χ4n) is 3.25. The largest absolute Gasteiger partial charge is 0.496 e. The van der Waals surface area contributed by atoms with E-state index in [1.165, 1.54) is 31.4 Å². The summed E-state index contributed by atoms with van der Waals surface area (Å²) < 4.78 is 18.8. The van der Waals surface area contributed by atoms with E-state index in [1.54, 1.807) is 13.2 Å². The van der Waals surface area contributed by atoms with Crippen LogP contribution >= 0.6 is 0 Å². The summed E-state index contributed by atoms with van der Waals surface area (Å²) in [6.45, 7) is 2.24. The maximum absolute atomic E-state index is 13.4. The Bertz CT molecular complexity index is 421. The summed E-state index contributed by atoms with van der Waals surface area (Å²) in [7, 11) is 1.61.